The van der Waals surface area contributed by atoms with Gasteiger partial charge in [0.2, 0.25) is 0 Å². The molecule has 0 saturated carbocycles. The average Bonchev–Trinajstić information content (AvgIpc) is 2.29. The van der Waals surface area contributed by atoms with Gasteiger partial charge in [-0.1, -0.05) is 0 Å². The molecule has 2 nitrogen and oxygen atoms in total. The summed E-state index contributed by atoms with van der Waals surface area (Å²) >= 11 is 5.32. The van der Waals surface area contributed by atoms with Crippen LogP contribution in [0.15, 0.2) is 0 Å². The first-order chi connectivity index (χ1) is 5.46. The first-order valence-electron chi connectivity index (χ1n) is 3.13. The van der Waals surface area contributed by atoms with E-state index in [2.05, 4.69) is 10.2 Å². The number of alkyl halides is 4. The lowest BCUT2D eigenvalue weighted by molar-refractivity contribution is -0.141. The van der Waals surface area contributed by atoms with Crippen LogP contribution in [-0.4, -0.2) is 10.2 Å². The fourth-order valence-corrected chi connectivity index (χ4v) is 1.18. The van der Waals surface area contributed by atoms with Gasteiger partial charge in [-0.3, -0.25) is 5.10 Å². The van der Waals surface area contributed by atoms with E-state index in [0.29, 0.717) is 5.69 Å². The highest BCUT2D eigenvalue weighted by Crippen LogP contribution is 2.31. The molecule has 0 aliphatic carbocycles. The number of hydrogen-bond donors (Lipinski definition) is 1. The molecule has 1 aromatic heterocycles. The number of H-pyrrole nitrogens is 1. The third kappa shape index (κ3) is 1.55. The molecule has 0 spiro atoms. The molecule has 0 fully saturated rings. The van der Waals surface area contributed by atoms with Gasteiger partial charge in [0.15, 0.2) is 5.69 Å². The van der Waals surface area contributed by atoms with Crippen molar-refractivity contribution in [1.29, 1.82) is 0 Å². The number of aromatic nitrogens is 2. The summed E-state index contributed by atoms with van der Waals surface area (Å²) in [4.78, 5) is 0. The number of nitrogens with zero attached hydrogens (tertiary/aromatic N) is 1. The van der Waals surface area contributed by atoms with E-state index in [1.54, 1.807) is 0 Å². The van der Waals surface area contributed by atoms with Crippen molar-refractivity contribution in [1.82, 2.24) is 10.2 Å². The van der Waals surface area contributed by atoms with E-state index < -0.39 is 11.9 Å². The molecular formula is C6H6ClF3N2. The minimum absolute atomic E-state index is 0.0177. The Morgan fingerprint density at radius 3 is 2.42 bits per heavy atom. The van der Waals surface area contributed by atoms with Gasteiger partial charge >= 0.3 is 6.18 Å². The van der Waals surface area contributed by atoms with E-state index in [-0.39, 0.29) is 11.4 Å². The van der Waals surface area contributed by atoms with Crippen LogP contribution in [0.5, 0.6) is 0 Å². The van der Waals surface area contributed by atoms with Crippen LogP contribution in [0.2, 0.25) is 0 Å². The molecule has 0 bridgehead atoms. The minimum atomic E-state index is -4.42. The third-order valence-electron chi connectivity index (χ3n) is 1.48. The molecule has 1 aromatic rings. The monoisotopic (exact) mass is 198 g/mol. The van der Waals surface area contributed by atoms with Crippen LogP contribution in [0.4, 0.5) is 13.2 Å². The van der Waals surface area contributed by atoms with E-state index >= 15 is 0 Å². The lowest BCUT2D eigenvalue weighted by Crippen LogP contribution is -2.08. The van der Waals surface area contributed by atoms with Crippen molar-refractivity contribution in [2.75, 3.05) is 0 Å². The Hall–Kier alpha value is -0.710. The Labute approximate surface area is 71.7 Å². The van der Waals surface area contributed by atoms with E-state index in [0.717, 1.165) is 0 Å². The van der Waals surface area contributed by atoms with Gasteiger partial charge in [0.1, 0.15) is 0 Å². The highest BCUT2D eigenvalue weighted by molar-refractivity contribution is 6.17. The van der Waals surface area contributed by atoms with Crippen molar-refractivity contribution in [2.24, 2.45) is 0 Å². The Bertz CT molecular complexity index is 279. The molecule has 0 atom stereocenters. The number of nitrogens with one attached hydrogen (secondary N) is 1. The molecule has 1 N–H and O–H groups in total. The normalized spacial score (nSPS) is 12.1. The number of halogens is 4. The molecule has 0 radical (unpaired) electrons. The van der Waals surface area contributed by atoms with Gasteiger partial charge in [0.05, 0.1) is 5.88 Å². The Morgan fingerprint density at radius 2 is 2.08 bits per heavy atom. The quantitative estimate of drug-likeness (QED) is 0.690. The number of aromatic amines is 1. The molecular weight excluding hydrogens is 193 g/mol. The Kier molecular flexibility index (Phi) is 2.32. The van der Waals surface area contributed by atoms with Crippen molar-refractivity contribution in [2.45, 2.75) is 19.0 Å². The summed E-state index contributed by atoms with van der Waals surface area (Å²) in [5, 5.41) is 5.36. The summed E-state index contributed by atoms with van der Waals surface area (Å²) in [6.07, 6.45) is -4.42. The highest BCUT2D eigenvalue weighted by Gasteiger charge is 2.36. The van der Waals surface area contributed by atoms with Gasteiger partial charge < -0.3 is 0 Å². The summed E-state index contributed by atoms with van der Waals surface area (Å²) < 4.78 is 36.3. The van der Waals surface area contributed by atoms with Crippen LogP contribution in [-0.2, 0) is 12.1 Å². The summed E-state index contributed by atoms with van der Waals surface area (Å²) in [6.45, 7) is 1.50. The van der Waals surface area contributed by atoms with Crippen molar-refractivity contribution >= 4 is 11.6 Å². The van der Waals surface area contributed by atoms with E-state index in [1.807, 2.05) is 0 Å². The Morgan fingerprint density at radius 1 is 1.50 bits per heavy atom. The van der Waals surface area contributed by atoms with Crippen LogP contribution in [0.3, 0.4) is 0 Å². The van der Waals surface area contributed by atoms with Crippen molar-refractivity contribution in [3.8, 4) is 0 Å². The van der Waals surface area contributed by atoms with Crippen LogP contribution < -0.4 is 0 Å². The van der Waals surface area contributed by atoms with Crippen molar-refractivity contribution < 1.29 is 13.2 Å². The van der Waals surface area contributed by atoms with Gasteiger partial charge in [-0.05, 0) is 6.92 Å². The summed E-state index contributed by atoms with van der Waals surface area (Å²) in [5.41, 5.74) is -0.545. The SMILES string of the molecule is Cc1[nH]nc(C(F)(F)F)c1CCl. The van der Waals surface area contributed by atoms with Gasteiger partial charge in [0, 0.05) is 11.3 Å². The maximum atomic E-state index is 12.1. The zero-order chi connectivity index (χ0) is 9.35. The van der Waals surface area contributed by atoms with Crippen LogP contribution in [0.1, 0.15) is 17.0 Å². The highest BCUT2D eigenvalue weighted by atomic mass is 35.5. The molecule has 1 heterocycles. The first kappa shape index (κ1) is 9.38. The number of aryl methyl sites for hydroxylation is 1. The molecule has 6 heteroatoms. The fraction of sp³-hybridized carbons (Fsp3) is 0.500. The zero-order valence-corrected chi connectivity index (χ0v) is 6.92. The summed E-state index contributed by atoms with van der Waals surface area (Å²) in [6, 6.07) is 0. The molecule has 0 amide bonds. The molecule has 0 aromatic carbocycles. The first-order valence-corrected chi connectivity index (χ1v) is 3.67. The standard InChI is InChI=1S/C6H6ClF3N2/c1-3-4(2-7)5(12-11-3)6(8,9)10/h2H2,1H3,(H,11,12). The topological polar surface area (TPSA) is 28.7 Å². The smallest absolute Gasteiger partial charge is 0.282 e. The predicted octanol–water partition coefficient (Wildman–Crippen LogP) is 2.48. The van der Waals surface area contributed by atoms with Gasteiger partial charge in [-0.15, -0.1) is 11.6 Å². The zero-order valence-electron chi connectivity index (χ0n) is 6.17. The van der Waals surface area contributed by atoms with Crippen LogP contribution in [0, 0.1) is 6.92 Å². The second-order valence-corrected chi connectivity index (χ2v) is 2.57. The second-order valence-electron chi connectivity index (χ2n) is 2.31. The van der Waals surface area contributed by atoms with E-state index in [4.69, 9.17) is 11.6 Å². The third-order valence-corrected chi connectivity index (χ3v) is 1.74. The summed E-state index contributed by atoms with van der Waals surface area (Å²) in [5.74, 6) is -0.183. The van der Waals surface area contributed by atoms with E-state index in [9.17, 15) is 13.2 Å². The van der Waals surface area contributed by atoms with Crippen LogP contribution >= 0.6 is 11.6 Å². The molecule has 1 rings (SSSR count). The van der Waals surface area contributed by atoms with Gasteiger partial charge in [-0.2, -0.15) is 18.3 Å². The van der Waals surface area contributed by atoms with Gasteiger partial charge in [0.25, 0.3) is 0 Å². The molecule has 0 aliphatic heterocycles. The lowest BCUT2D eigenvalue weighted by atomic mass is 10.2. The second kappa shape index (κ2) is 2.97. The fourth-order valence-electron chi connectivity index (χ4n) is 0.850. The maximum absolute atomic E-state index is 12.1. The molecule has 0 saturated heterocycles. The molecule has 68 valence electrons. The number of hydrogen-bond acceptors (Lipinski definition) is 1. The van der Waals surface area contributed by atoms with Crippen LogP contribution in [0.25, 0.3) is 0 Å². The summed E-state index contributed by atoms with van der Waals surface area (Å²) in [7, 11) is 0. The lowest BCUT2D eigenvalue weighted by Gasteiger charge is -2.03. The predicted molar refractivity (Wildman–Crippen MR) is 37.9 cm³/mol. The Balaban J connectivity index is 3.16. The molecule has 12 heavy (non-hydrogen) atoms. The largest absolute Gasteiger partial charge is 0.435 e. The van der Waals surface area contributed by atoms with E-state index in [1.165, 1.54) is 6.92 Å². The van der Waals surface area contributed by atoms with Crippen molar-refractivity contribution in [3.05, 3.63) is 17.0 Å². The van der Waals surface area contributed by atoms with Crippen molar-refractivity contribution in [3.63, 3.8) is 0 Å². The minimum Gasteiger partial charge on any atom is -0.282 e. The maximum Gasteiger partial charge on any atom is 0.435 e. The molecule has 0 aliphatic rings. The molecule has 0 unspecified atom stereocenters. The number of rotatable bonds is 1. The average molecular weight is 199 g/mol. The van der Waals surface area contributed by atoms with Gasteiger partial charge in [-0.25, -0.2) is 0 Å².